The van der Waals surface area contributed by atoms with Crippen molar-refractivity contribution in [2.24, 2.45) is 9.98 Å². The van der Waals surface area contributed by atoms with E-state index in [1.165, 1.54) is 11.4 Å². The lowest BCUT2D eigenvalue weighted by Gasteiger charge is -2.16. The Balaban J connectivity index is 2.10. The van der Waals surface area contributed by atoms with Crippen molar-refractivity contribution >= 4 is 34.7 Å². The van der Waals surface area contributed by atoms with Crippen LogP contribution < -0.4 is 9.80 Å². The van der Waals surface area contributed by atoms with Gasteiger partial charge in [0.2, 0.25) is 0 Å². The number of hydrogen-bond donors (Lipinski definition) is 0. The molecule has 138 valence electrons. The van der Waals surface area contributed by atoms with Crippen molar-refractivity contribution in [1.82, 2.24) is 0 Å². The van der Waals surface area contributed by atoms with Crippen molar-refractivity contribution in [2.45, 2.75) is 27.2 Å². The van der Waals surface area contributed by atoms with Crippen LogP contribution in [-0.4, -0.2) is 39.1 Å². The van der Waals surface area contributed by atoms with Crippen LogP contribution in [0.2, 0.25) is 0 Å². The fourth-order valence-electron chi connectivity index (χ4n) is 2.45. The molecule has 2 rings (SSSR count). The summed E-state index contributed by atoms with van der Waals surface area (Å²) in [5.74, 6) is 0. The Morgan fingerprint density at radius 1 is 0.769 bits per heavy atom. The van der Waals surface area contributed by atoms with Crippen LogP contribution in [-0.2, 0) is 0 Å². The number of benzene rings is 2. The van der Waals surface area contributed by atoms with Crippen molar-refractivity contribution in [3.8, 4) is 0 Å². The van der Waals surface area contributed by atoms with Crippen LogP contribution >= 0.6 is 0 Å². The molecule has 4 heteroatoms. The van der Waals surface area contributed by atoms with E-state index in [0.29, 0.717) is 0 Å². The zero-order chi connectivity index (χ0) is 18.9. The zero-order valence-electron chi connectivity index (χ0n) is 16.6. The van der Waals surface area contributed by atoms with Gasteiger partial charge in [0.15, 0.2) is 0 Å². The molecule has 0 amide bonds. The molecule has 0 aliphatic rings. The Morgan fingerprint density at radius 2 is 1.23 bits per heavy atom. The molecule has 26 heavy (non-hydrogen) atoms. The highest BCUT2D eigenvalue weighted by Crippen LogP contribution is 2.20. The summed E-state index contributed by atoms with van der Waals surface area (Å²) in [5, 5.41) is 0. The molecule has 0 aliphatic heterocycles. The molecule has 0 atom stereocenters. The molecule has 4 nitrogen and oxygen atoms in total. The summed E-state index contributed by atoms with van der Waals surface area (Å²) in [4.78, 5) is 13.7. The third kappa shape index (κ3) is 5.45. The van der Waals surface area contributed by atoms with E-state index in [0.717, 1.165) is 36.6 Å². The number of hydrogen-bond acceptors (Lipinski definition) is 4. The van der Waals surface area contributed by atoms with E-state index >= 15 is 0 Å². The van der Waals surface area contributed by atoms with Gasteiger partial charge in [-0.3, -0.25) is 9.98 Å². The monoisotopic (exact) mass is 350 g/mol. The fraction of sp³-hybridized carbons (Fsp3) is 0.364. The highest BCUT2D eigenvalue weighted by molar-refractivity contribution is 6.31. The van der Waals surface area contributed by atoms with Crippen molar-refractivity contribution in [3.05, 3.63) is 48.5 Å². The molecule has 0 heterocycles. The first-order valence-electron chi connectivity index (χ1n) is 9.31. The van der Waals surface area contributed by atoms with E-state index in [-0.39, 0.29) is 0 Å². The molecule has 2 aromatic carbocycles. The largest absolute Gasteiger partial charge is 0.375 e. The highest BCUT2D eigenvalue weighted by atomic mass is 15.1. The van der Waals surface area contributed by atoms with Gasteiger partial charge in [-0.2, -0.15) is 0 Å². The average molecular weight is 351 g/mol. The summed E-state index contributed by atoms with van der Waals surface area (Å²) >= 11 is 0. The van der Waals surface area contributed by atoms with E-state index in [1.807, 2.05) is 18.3 Å². The quantitative estimate of drug-likeness (QED) is 0.590. The molecule has 0 unspecified atom stereocenters. The number of rotatable bonds is 8. The van der Waals surface area contributed by atoms with Gasteiger partial charge in [0.25, 0.3) is 0 Å². The van der Waals surface area contributed by atoms with Gasteiger partial charge in [0, 0.05) is 44.8 Å². The van der Waals surface area contributed by atoms with Gasteiger partial charge in [0.1, 0.15) is 0 Å². The summed E-state index contributed by atoms with van der Waals surface area (Å²) in [5.41, 5.74) is 5.28. The lowest BCUT2D eigenvalue weighted by molar-refractivity contribution is 0.968. The van der Waals surface area contributed by atoms with Crippen molar-refractivity contribution in [2.75, 3.05) is 37.0 Å². The van der Waals surface area contributed by atoms with E-state index < -0.39 is 0 Å². The Kier molecular flexibility index (Phi) is 7.39. The molecule has 0 spiro atoms. The first kappa shape index (κ1) is 19.7. The molecule has 0 radical (unpaired) electrons. The molecule has 0 N–H and O–H groups in total. The second kappa shape index (κ2) is 9.76. The van der Waals surface area contributed by atoms with E-state index in [2.05, 4.69) is 86.1 Å². The molecular formula is C22H30N4. The van der Waals surface area contributed by atoms with Crippen LogP contribution in [0.3, 0.4) is 0 Å². The van der Waals surface area contributed by atoms with Gasteiger partial charge in [-0.15, -0.1) is 0 Å². The average Bonchev–Trinajstić information content (AvgIpc) is 2.70. The summed E-state index contributed by atoms with van der Waals surface area (Å²) in [6.07, 6.45) is 2.71. The highest BCUT2D eigenvalue weighted by Gasteiger charge is 2.00. The van der Waals surface area contributed by atoms with Gasteiger partial charge in [0.05, 0.1) is 17.1 Å². The molecule has 0 saturated heterocycles. The minimum atomic E-state index is 0.844. The smallest absolute Gasteiger partial charge is 0.0635 e. The SMILES string of the molecule is CCC(C=Nc1ccc(N(C)CC)cc1)=Nc1ccc(N(C)CC)cc1. The first-order valence-corrected chi connectivity index (χ1v) is 9.31. The maximum atomic E-state index is 4.72. The third-order valence-corrected chi connectivity index (χ3v) is 4.53. The third-order valence-electron chi connectivity index (χ3n) is 4.53. The van der Waals surface area contributed by atoms with Crippen LogP contribution in [0.15, 0.2) is 58.5 Å². The Bertz CT molecular complexity index is 730. The second-order valence-corrected chi connectivity index (χ2v) is 6.28. The lowest BCUT2D eigenvalue weighted by atomic mass is 10.2. The molecule has 0 fully saturated rings. The normalized spacial score (nSPS) is 11.8. The predicted molar refractivity (Wildman–Crippen MR) is 116 cm³/mol. The summed E-state index contributed by atoms with van der Waals surface area (Å²) in [6.45, 7) is 8.36. The minimum absolute atomic E-state index is 0.844. The number of anilines is 2. The summed E-state index contributed by atoms with van der Waals surface area (Å²) < 4.78 is 0. The molecule has 2 aromatic rings. The van der Waals surface area contributed by atoms with Gasteiger partial charge in [-0.05, 0) is 68.8 Å². The zero-order valence-corrected chi connectivity index (χ0v) is 16.6. The van der Waals surface area contributed by atoms with Gasteiger partial charge in [-0.1, -0.05) is 6.92 Å². The first-order chi connectivity index (χ1) is 12.6. The number of aliphatic imine (C=N–C) groups is 2. The predicted octanol–water partition coefficient (Wildman–Crippen LogP) is 5.48. The van der Waals surface area contributed by atoms with Crippen molar-refractivity contribution in [1.29, 1.82) is 0 Å². The molecule has 0 saturated carbocycles. The van der Waals surface area contributed by atoms with Crippen LogP contribution in [0.1, 0.15) is 27.2 Å². The fourth-order valence-corrected chi connectivity index (χ4v) is 2.45. The Hall–Kier alpha value is -2.62. The number of nitrogens with zero attached hydrogens (tertiary/aromatic N) is 4. The van der Waals surface area contributed by atoms with E-state index in [4.69, 9.17) is 4.99 Å². The van der Waals surface area contributed by atoms with Crippen LogP contribution in [0.4, 0.5) is 22.7 Å². The van der Waals surface area contributed by atoms with E-state index in [9.17, 15) is 0 Å². The topological polar surface area (TPSA) is 31.2 Å². The Labute approximate surface area is 157 Å². The molecule has 0 aromatic heterocycles. The minimum Gasteiger partial charge on any atom is -0.375 e. The molecule has 0 bridgehead atoms. The van der Waals surface area contributed by atoms with Crippen LogP contribution in [0.25, 0.3) is 0 Å². The Morgan fingerprint density at radius 3 is 1.65 bits per heavy atom. The summed E-state index contributed by atoms with van der Waals surface area (Å²) in [7, 11) is 4.18. The standard InChI is InChI=1S/C22H30N4/c1-6-18(24-20-11-15-22(16-12-20)26(5)8-3)17-23-19-9-13-21(14-10-19)25(4)7-2/h9-17H,6-8H2,1-5H3. The molecule has 0 aliphatic carbocycles. The maximum Gasteiger partial charge on any atom is 0.0635 e. The van der Waals surface area contributed by atoms with Crippen molar-refractivity contribution in [3.63, 3.8) is 0 Å². The van der Waals surface area contributed by atoms with E-state index in [1.54, 1.807) is 0 Å². The second-order valence-electron chi connectivity index (χ2n) is 6.28. The lowest BCUT2D eigenvalue weighted by Crippen LogP contribution is -2.15. The van der Waals surface area contributed by atoms with Gasteiger partial charge in [-0.25, -0.2) is 0 Å². The van der Waals surface area contributed by atoms with Gasteiger partial charge < -0.3 is 9.80 Å². The van der Waals surface area contributed by atoms with Crippen LogP contribution in [0.5, 0.6) is 0 Å². The van der Waals surface area contributed by atoms with Crippen LogP contribution in [0, 0.1) is 0 Å². The maximum absolute atomic E-state index is 4.72. The van der Waals surface area contributed by atoms with Crippen molar-refractivity contribution < 1.29 is 0 Å². The van der Waals surface area contributed by atoms with Gasteiger partial charge >= 0.3 is 0 Å². The molecular weight excluding hydrogens is 320 g/mol. The summed E-state index contributed by atoms with van der Waals surface area (Å²) in [6, 6.07) is 16.6.